The summed E-state index contributed by atoms with van der Waals surface area (Å²) < 4.78 is 32.2. The predicted molar refractivity (Wildman–Crippen MR) is 70.2 cm³/mol. The summed E-state index contributed by atoms with van der Waals surface area (Å²) in [5.41, 5.74) is 4.59. The van der Waals surface area contributed by atoms with E-state index in [1.54, 1.807) is 7.05 Å². The number of halogens is 2. The van der Waals surface area contributed by atoms with Crippen LogP contribution >= 0.6 is 0 Å². The van der Waals surface area contributed by atoms with Crippen molar-refractivity contribution in [3.05, 3.63) is 29.8 Å². The van der Waals surface area contributed by atoms with Gasteiger partial charge in [-0.15, -0.1) is 0 Å². The summed E-state index contributed by atoms with van der Waals surface area (Å²) in [5, 5.41) is 2.94. The van der Waals surface area contributed by atoms with Gasteiger partial charge in [0, 0.05) is 12.5 Å². The molecular weight excluding hydrogens is 266 g/mol. The van der Waals surface area contributed by atoms with Crippen LogP contribution in [0.25, 0.3) is 0 Å². The van der Waals surface area contributed by atoms with Crippen LogP contribution in [0.15, 0.2) is 18.2 Å². The van der Waals surface area contributed by atoms with E-state index in [-0.39, 0.29) is 11.9 Å². The molecule has 1 aromatic rings. The first-order chi connectivity index (χ1) is 9.47. The Hall–Kier alpha value is -1.69. The molecule has 0 bridgehead atoms. The average molecular weight is 284 g/mol. The Labute approximate surface area is 116 Å². The Balaban J connectivity index is 2.13. The van der Waals surface area contributed by atoms with E-state index in [4.69, 9.17) is 10.5 Å². The molecule has 1 aromatic carbocycles. The fourth-order valence-corrected chi connectivity index (χ4v) is 2.65. The SMILES string of the molecule is CNC1(C(N)=O)CCCC(Oc2cc(F)ccc2F)C1. The summed E-state index contributed by atoms with van der Waals surface area (Å²) in [5.74, 6) is -1.77. The molecule has 20 heavy (non-hydrogen) atoms. The zero-order chi connectivity index (χ0) is 14.8. The summed E-state index contributed by atoms with van der Waals surface area (Å²) in [4.78, 5) is 11.6. The first-order valence-electron chi connectivity index (χ1n) is 6.57. The van der Waals surface area contributed by atoms with Gasteiger partial charge in [0.25, 0.3) is 0 Å². The topological polar surface area (TPSA) is 64.3 Å². The maximum Gasteiger partial charge on any atom is 0.237 e. The molecule has 0 aromatic heterocycles. The van der Waals surface area contributed by atoms with Gasteiger partial charge in [0.15, 0.2) is 11.6 Å². The number of nitrogens with one attached hydrogen (secondary N) is 1. The molecule has 2 rings (SSSR count). The number of hydrogen-bond donors (Lipinski definition) is 2. The molecule has 3 N–H and O–H groups in total. The molecular formula is C14H18F2N2O2. The largest absolute Gasteiger partial charge is 0.487 e. The van der Waals surface area contributed by atoms with Crippen molar-refractivity contribution in [2.75, 3.05) is 7.05 Å². The van der Waals surface area contributed by atoms with Crippen molar-refractivity contribution >= 4 is 5.91 Å². The third-order valence-corrected chi connectivity index (χ3v) is 3.84. The van der Waals surface area contributed by atoms with Gasteiger partial charge in [-0.3, -0.25) is 4.79 Å². The quantitative estimate of drug-likeness (QED) is 0.885. The van der Waals surface area contributed by atoms with Gasteiger partial charge in [0.1, 0.15) is 17.5 Å². The number of hydrogen-bond acceptors (Lipinski definition) is 3. The minimum Gasteiger partial charge on any atom is -0.487 e. The van der Waals surface area contributed by atoms with Crippen LogP contribution in [0.5, 0.6) is 5.75 Å². The normalized spacial score (nSPS) is 26.2. The van der Waals surface area contributed by atoms with E-state index in [2.05, 4.69) is 5.32 Å². The minimum absolute atomic E-state index is 0.133. The van der Waals surface area contributed by atoms with Gasteiger partial charge in [0.2, 0.25) is 5.91 Å². The number of carbonyl (C=O) groups excluding carboxylic acids is 1. The molecule has 1 fully saturated rings. The van der Waals surface area contributed by atoms with E-state index in [1.807, 2.05) is 0 Å². The number of benzene rings is 1. The zero-order valence-corrected chi connectivity index (χ0v) is 11.3. The lowest BCUT2D eigenvalue weighted by molar-refractivity contribution is -0.126. The molecule has 1 aliphatic rings. The van der Waals surface area contributed by atoms with Crippen LogP contribution < -0.4 is 15.8 Å². The van der Waals surface area contributed by atoms with Crippen molar-refractivity contribution in [2.45, 2.75) is 37.3 Å². The Morgan fingerprint density at radius 2 is 2.25 bits per heavy atom. The van der Waals surface area contributed by atoms with Crippen LogP contribution in [0.3, 0.4) is 0 Å². The Morgan fingerprint density at radius 1 is 1.50 bits per heavy atom. The van der Waals surface area contributed by atoms with E-state index in [1.165, 1.54) is 0 Å². The van der Waals surface area contributed by atoms with E-state index in [9.17, 15) is 13.6 Å². The highest BCUT2D eigenvalue weighted by Crippen LogP contribution is 2.31. The van der Waals surface area contributed by atoms with Crippen LogP contribution in [0.4, 0.5) is 8.78 Å². The van der Waals surface area contributed by atoms with Gasteiger partial charge in [-0.05, 0) is 38.4 Å². The van der Waals surface area contributed by atoms with Crippen molar-refractivity contribution in [1.29, 1.82) is 0 Å². The second-order valence-corrected chi connectivity index (χ2v) is 5.11. The monoisotopic (exact) mass is 284 g/mol. The molecule has 1 amide bonds. The van der Waals surface area contributed by atoms with Crippen molar-refractivity contribution in [3.8, 4) is 5.75 Å². The lowest BCUT2D eigenvalue weighted by atomic mass is 9.79. The summed E-state index contributed by atoms with van der Waals surface area (Å²) in [6, 6.07) is 3.06. The molecule has 0 aliphatic heterocycles. The van der Waals surface area contributed by atoms with Crippen LogP contribution in [0.2, 0.25) is 0 Å². The maximum absolute atomic E-state index is 13.6. The highest BCUT2D eigenvalue weighted by atomic mass is 19.1. The van der Waals surface area contributed by atoms with Crippen LogP contribution in [-0.4, -0.2) is 24.6 Å². The third-order valence-electron chi connectivity index (χ3n) is 3.84. The van der Waals surface area contributed by atoms with E-state index < -0.39 is 23.1 Å². The minimum atomic E-state index is -0.841. The van der Waals surface area contributed by atoms with E-state index in [0.717, 1.165) is 24.6 Å². The van der Waals surface area contributed by atoms with Gasteiger partial charge in [-0.2, -0.15) is 0 Å². The molecule has 0 radical (unpaired) electrons. The average Bonchev–Trinajstić information content (AvgIpc) is 2.43. The molecule has 110 valence electrons. The van der Waals surface area contributed by atoms with Gasteiger partial charge >= 0.3 is 0 Å². The number of ether oxygens (including phenoxy) is 1. The van der Waals surface area contributed by atoms with E-state index in [0.29, 0.717) is 19.3 Å². The number of rotatable bonds is 4. The number of primary amides is 1. The number of amides is 1. The number of carbonyl (C=O) groups is 1. The highest BCUT2D eigenvalue weighted by Gasteiger charge is 2.41. The lowest BCUT2D eigenvalue weighted by Gasteiger charge is -2.38. The molecule has 4 nitrogen and oxygen atoms in total. The van der Waals surface area contributed by atoms with Crippen molar-refractivity contribution in [2.24, 2.45) is 5.73 Å². The number of nitrogens with two attached hydrogens (primary N) is 1. The third kappa shape index (κ3) is 2.90. The first kappa shape index (κ1) is 14.7. The van der Waals surface area contributed by atoms with Crippen molar-refractivity contribution < 1.29 is 18.3 Å². The van der Waals surface area contributed by atoms with Crippen LogP contribution in [0, 0.1) is 11.6 Å². The van der Waals surface area contributed by atoms with Crippen molar-refractivity contribution in [1.82, 2.24) is 5.32 Å². The standard InChI is InChI=1S/C14H18F2N2O2/c1-18-14(13(17)19)6-2-3-10(8-14)20-12-7-9(15)4-5-11(12)16/h4-5,7,10,18H,2-3,6,8H2,1H3,(H2,17,19). The highest BCUT2D eigenvalue weighted by molar-refractivity contribution is 5.84. The molecule has 6 heteroatoms. The van der Waals surface area contributed by atoms with Gasteiger partial charge in [-0.25, -0.2) is 8.78 Å². The fraction of sp³-hybridized carbons (Fsp3) is 0.500. The van der Waals surface area contributed by atoms with E-state index >= 15 is 0 Å². The lowest BCUT2D eigenvalue weighted by Crippen LogP contribution is -2.58. The molecule has 1 aliphatic carbocycles. The Morgan fingerprint density at radius 3 is 2.90 bits per heavy atom. The maximum atomic E-state index is 13.6. The predicted octanol–water partition coefficient (Wildman–Crippen LogP) is 1.73. The summed E-state index contributed by atoms with van der Waals surface area (Å²) >= 11 is 0. The second kappa shape index (κ2) is 5.75. The molecule has 2 atom stereocenters. The summed E-state index contributed by atoms with van der Waals surface area (Å²) in [6.45, 7) is 0. The molecule has 0 saturated heterocycles. The first-order valence-corrected chi connectivity index (χ1v) is 6.57. The Kier molecular flexibility index (Phi) is 4.23. The van der Waals surface area contributed by atoms with Crippen molar-refractivity contribution in [3.63, 3.8) is 0 Å². The van der Waals surface area contributed by atoms with Crippen LogP contribution in [-0.2, 0) is 4.79 Å². The van der Waals surface area contributed by atoms with Gasteiger partial charge in [-0.1, -0.05) is 0 Å². The zero-order valence-electron chi connectivity index (χ0n) is 11.3. The van der Waals surface area contributed by atoms with Gasteiger partial charge < -0.3 is 15.8 Å². The van der Waals surface area contributed by atoms with Crippen LogP contribution in [0.1, 0.15) is 25.7 Å². The fourth-order valence-electron chi connectivity index (χ4n) is 2.65. The summed E-state index contributed by atoms with van der Waals surface area (Å²) in [6.07, 6.45) is 1.98. The molecule has 1 saturated carbocycles. The molecule has 0 spiro atoms. The van der Waals surface area contributed by atoms with Gasteiger partial charge in [0.05, 0.1) is 0 Å². The second-order valence-electron chi connectivity index (χ2n) is 5.11. The smallest absolute Gasteiger partial charge is 0.237 e. The molecule has 2 unspecified atom stereocenters. The Bertz CT molecular complexity index is 510. The number of likely N-dealkylation sites (N-methyl/N-ethyl adjacent to an activating group) is 1. The summed E-state index contributed by atoms with van der Waals surface area (Å²) in [7, 11) is 1.66. The molecule has 0 heterocycles.